The quantitative estimate of drug-likeness (QED) is 0.640. The molecule has 0 bridgehead atoms. The van der Waals surface area contributed by atoms with Gasteiger partial charge < -0.3 is 14.8 Å². The average molecular weight is 375 g/mol. The van der Waals surface area contributed by atoms with Crippen molar-refractivity contribution in [2.75, 3.05) is 12.1 Å². The van der Waals surface area contributed by atoms with E-state index in [4.69, 9.17) is 9.47 Å². The van der Waals surface area contributed by atoms with Gasteiger partial charge >= 0.3 is 0 Å². The lowest BCUT2D eigenvalue weighted by molar-refractivity contribution is 0.174. The Morgan fingerprint density at radius 3 is 2.81 bits per heavy atom. The van der Waals surface area contributed by atoms with Crippen molar-refractivity contribution in [2.24, 2.45) is 0 Å². The Kier molecular flexibility index (Phi) is 4.53. The number of allylic oxidation sites excluding steroid dienone is 1. The van der Waals surface area contributed by atoms with E-state index < -0.39 is 0 Å². The molecule has 1 aromatic heterocycles. The zero-order valence-electron chi connectivity index (χ0n) is 14.9. The van der Waals surface area contributed by atoms with E-state index in [-0.39, 0.29) is 6.79 Å². The highest BCUT2D eigenvalue weighted by molar-refractivity contribution is 7.11. The number of nitriles is 1. The smallest absolute Gasteiger partial charge is 0.231 e. The van der Waals surface area contributed by atoms with E-state index in [2.05, 4.69) is 42.4 Å². The van der Waals surface area contributed by atoms with Crippen LogP contribution in [0.3, 0.4) is 0 Å². The number of hydrogen-bond donors (Lipinski definition) is 1. The van der Waals surface area contributed by atoms with Crippen LogP contribution in [0.4, 0.5) is 5.69 Å². The second-order valence-corrected chi connectivity index (χ2v) is 7.08. The summed E-state index contributed by atoms with van der Waals surface area (Å²) < 4.78 is 10.8. The molecule has 0 saturated carbocycles. The summed E-state index contributed by atoms with van der Waals surface area (Å²) in [6.07, 6.45) is 1.70. The summed E-state index contributed by atoms with van der Waals surface area (Å²) in [5.74, 6) is 1.46. The largest absolute Gasteiger partial charge is 0.454 e. The summed E-state index contributed by atoms with van der Waals surface area (Å²) in [6.45, 7) is 4.38. The van der Waals surface area contributed by atoms with Crippen molar-refractivity contribution in [3.63, 3.8) is 0 Å². The SMILES string of the molecule is Cc1ccc(N/C=C(\C#N)c2nc(-c3ccc4c(c3)OCO4)cs2)cc1C. The minimum Gasteiger partial charge on any atom is -0.454 e. The molecule has 0 atom stereocenters. The number of ether oxygens (including phenoxy) is 2. The Balaban J connectivity index is 1.57. The number of nitrogens with zero attached hydrogens (tertiary/aromatic N) is 2. The third-order valence-electron chi connectivity index (χ3n) is 4.41. The number of hydrogen-bond acceptors (Lipinski definition) is 6. The first kappa shape index (κ1) is 17.1. The molecule has 1 N–H and O–H groups in total. The Labute approximate surface area is 161 Å². The van der Waals surface area contributed by atoms with Crippen molar-refractivity contribution in [2.45, 2.75) is 13.8 Å². The van der Waals surface area contributed by atoms with Crippen LogP contribution in [-0.4, -0.2) is 11.8 Å². The van der Waals surface area contributed by atoms with Crippen LogP contribution < -0.4 is 14.8 Å². The lowest BCUT2D eigenvalue weighted by Crippen LogP contribution is -1.93. The highest BCUT2D eigenvalue weighted by Crippen LogP contribution is 2.36. The van der Waals surface area contributed by atoms with Crippen LogP contribution >= 0.6 is 11.3 Å². The van der Waals surface area contributed by atoms with Gasteiger partial charge in [0.2, 0.25) is 6.79 Å². The topological polar surface area (TPSA) is 67.2 Å². The van der Waals surface area contributed by atoms with Crippen LogP contribution in [0.15, 0.2) is 48.0 Å². The molecular weight excluding hydrogens is 358 g/mol. The fraction of sp³-hybridized carbons (Fsp3) is 0.143. The maximum absolute atomic E-state index is 9.53. The van der Waals surface area contributed by atoms with Gasteiger partial charge in [0.15, 0.2) is 11.5 Å². The van der Waals surface area contributed by atoms with Gasteiger partial charge in [0.05, 0.1) is 5.69 Å². The lowest BCUT2D eigenvalue weighted by atomic mass is 10.1. The molecule has 134 valence electrons. The summed E-state index contributed by atoms with van der Waals surface area (Å²) in [5.41, 5.74) is 5.61. The molecule has 27 heavy (non-hydrogen) atoms. The summed E-state index contributed by atoms with van der Waals surface area (Å²) in [5, 5.41) is 15.3. The van der Waals surface area contributed by atoms with E-state index >= 15 is 0 Å². The monoisotopic (exact) mass is 375 g/mol. The predicted octanol–water partition coefficient (Wildman–Crippen LogP) is 5.13. The minimum absolute atomic E-state index is 0.243. The maximum Gasteiger partial charge on any atom is 0.231 e. The highest BCUT2D eigenvalue weighted by atomic mass is 32.1. The molecule has 0 radical (unpaired) electrons. The number of fused-ring (bicyclic) bond motifs is 1. The fourth-order valence-corrected chi connectivity index (χ4v) is 3.51. The molecule has 0 amide bonds. The van der Waals surface area contributed by atoms with Gasteiger partial charge in [-0.3, -0.25) is 0 Å². The van der Waals surface area contributed by atoms with Crippen LogP contribution in [0, 0.1) is 25.2 Å². The Morgan fingerprint density at radius 2 is 2.00 bits per heavy atom. The number of aromatic nitrogens is 1. The molecule has 0 unspecified atom stereocenters. The molecule has 0 aliphatic carbocycles. The lowest BCUT2D eigenvalue weighted by Gasteiger charge is -2.05. The van der Waals surface area contributed by atoms with Crippen molar-refractivity contribution >= 4 is 22.6 Å². The summed E-state index contributed by atoms with van der Waals surface area (Å²) in [4.78, 5) is 4.61. The molecule has 1 aliphatic rings. The maximum atomic E-state index is 9.53. The van der Waals surface area contributed by atoms with Crippen LogP contribution in [0.25, 0.3) is 16.8 Å². The van der Waals surface area contributed by atoms with Crippen molar-refractivity contribution in [3.05, 3.63) is 64.1 Å². The van der Waals surface area contributed by atoms with Crippen LogP contribution in [0.1, 0.15) is 16.1 Å². The molecule has 5 nitrogen and oxygen atoms in total. The van der Waals surface area contributed by atoms with E-state index in [0.29, 0.717) is 10.6 Å². The molecule has 6 heteroatoms. The van der Waals surface area contributed by atoms with Gasteiger partial charge in [-0.1, -0.05) is 6.07 Å². The van der Waals surface area contributed by atoms with Gasteiger partial charge in [-0.05, 0) is 55.3 Å². The summed E-state index contributed by atoms with van der Waals surface area (Å²) in [6, 6.07) is 14.0. The van der Waals surface area contributed by atoms with Gasteiger partial charge in [-0.15, -0.1) is 11.3 Å². The van der Waals surface area contributed by atoms with Gasteiger partial charge in [-0.25, -0.2) is 4.98 Å². The van der Waals surface area contributed by atoms with E-state index in [1.54, 1.807) is 6.20 Å². The van der Waals surface area contributed by atoms with Gasteiger partial charge in [0.25, 0.3) is 0 Å². The van der Waals surface area contributed by atoms with E-state index in [0.717, 1.165) is 28.4 Å². The zero-order valence-corrected chi connectivity index (χ0v) is 15.8. The zero-order chi connectivity index (χ0) is 18.8. The van der Waals surface area contributed by atoms with E-state index in [1.807, 2.05) is 29.6 Å². The highest BCUT2D eigenvalue weighted by Gasteiger charge is 2.15. The van der Waals surface area contributed by atoms with Crippen molar-refractivity contribution in [1.82, 2.24) is 4.98 Å². The van der Waals surface area contributed by atoms with Crippen molar-refractivity contribution < 1.29 is 9.47 Å². The minimum atomic E-state index is 0.243. The fourth-order valence-electron chi connectivity index (χ4n) is 2.71. The summed E-state index contributed by atoms with van der Waals surface area (Å²) in [7, 11) is 0. The van der Waals surface area contributed by atoms with E-state index in [1.165, 1.54) is 22.5 Å². The molecule has 3 aromatic rings. The normalized spacial score (nSPS) is 12.7. The average Bonchev–Trinajstić information content (AvgIpc) is 3.34. The first-order chi connectivity index (χ1) is 13.1. The molecule has 2 heterocycles. The van der Waals surface area contributed by atoms with E-state index in [9.17, 15) is 5.26 Å². The van der Waals surface area contributed by atoms with Gasteiger partial charge in [0.1, 0.15) is 16.6 Å². The number of thiazole rings is 1. The molecule has 0 spiro atoms. The van der Waals surface area contributed by atoms with Crippen LogP contribution in [0.5, 0.6) is 11.5 Å². The predicted molar refractivity (Wildman–Crippen MR) is 107 cm³/mol. The van der Waals surface area contributed by atoms with Gasteiger partial charge in [0, 0.05) is 22.8 Å². The first-order valence-corrected chi connectivity index (χ1v) is 9.32. The molecule has 0 fully saturated rings. The first-order valence-electron chi connectivity index (χ1n) is 8.44. The second kappa shape index (κ2) is 7.14. The van der Waals surface area contributed by atoms with Gasteiger partial charge in [-0.2, -0.15) is 5.26 Å². The molecular formula is C21H17N3O2S. The number of nitrogens with one attached hydrogen (secondary N) is 1. The standard InChI is InChI=1S/C21H17N3O2S/c1-13-3-5-17(7-14(13)2)23-10-16(9-22)21-24-18(11-27-21)15-4-6-19-20(8-15)26-12-25-19/h3-8,10-11,23H,12H2,1-2H3/b16-10+. The van der Waals surface area contributed by atoms with Crippen LogP contribution in [-0.2, 0) is 0 Å². The van der Waals surface area contributed by atoms with Crippen molar-refractivity contribution in [3.8, 4) is 28.8 Å². The number of rotatable bonds is 4. The Hall–Kier alpha value is -3.30. The van der Waals surface area contributed by atoms with Crippen molar-refractivity contribution in [1.29, 1.82) is 5.26 Å². The molecule has 2 aromatic carbocycles. The second-order valence-electron chi connectivity index (χ2n) is 6.22. The molecule has 4 rings (SSSR count). The number of anilines is 1. The third-order valence-corrected chi connectivity index (χ3v) is 5.29. The summed E-state index contributed by atoms with van der Waals surface area (Å²) >= 11 is 1.44. The molecule has 0 saturated heterocycles. The number of aryl methyl sites for hydroxylation is 2. The Morgan fingerprint density at radius 1 is 1.15 bits per heavy atom. The van der Waals surface area contributed by atoms with Crippen LogP contribution in [0.2, 0.25) is 0 Å². The third kappa shape index (κ3) is 3.50. The Bertz CT molecular complexity index is 1080. The number of benzene rings is 2. The molecule has 1 aliphatic heterocycles.